The number of hydrogen-bond acceptors (Lipinski definition) is 2. The molecule has 3 aromatic rings. The minimum atomic E-state index is 0.109. The zero-order valence-electron chi connectivity index (χ0n) is 13.5. The molecule has 0 aliphatic heterocycles. The van der Waals surface area contributed by atoms with Crippen molar-refractivity contribution in [3.63, 3.8) is 0 Å². The van der Waals surface area contributed by atoms with Gasteiger partial charge in [-0.25, -0.2) is 4.98 Å². The first kappa shape index (κ1) is 14.1. The third-order valence-electron chi connectivity index (χ3n) is 5.29. The summed E-state index contributed by atoms with van der Waals surface area (Å²) >= 11 is 6.23. The van der Waals surface area contributed by atoms with E-state index in [9.17, 15) is 0 Å². The normalized spacial score (nSPS) is 19.5. The molecule has 2 heterocycles. The first-order chi connectivity index (χ1) is 10.3. The minimum Gasteiger partial charge on any atom is -0.452 e. The van der Waals surface area contributed by atoms with Gasteiger partial charge in [0.05, 0.1) is 0 Å². The molecule has 0 amide bonds. The van der Waals surface area contributed by atoms with E-state index >= 15 is 0 Å². The van der Waals surface area contributed by atoms with Crippen LogP contribution in [-0.2, 0) is 10.8 Å². The van der Waals surface area contributed by atoms with Gasteiger partial charge in [-0.1, -0.05) is 51.4 Å². The summed E-state index contributed by atoms with van der Waals surface area (Å²) in [5, 5.41) is 2.64. The highest BCUT2D eigenvalue weighted by Gasteiger charge is 2.39. The van der Waals surface area contributed by atoms with Crippen molar-refractivity contribution >= 4 is 33.5 Å². The number of aromatic nitrogens is 1. The van der Waals surface area contributed by atoms with Crippen molar-refractivity contribution in [2.24, 2.45) is 0 Å². The van der Waals surface area contributed by atoms with Crippen molar-refractivity contribution < 1.29 is 4.42 Å². The molecule has 0 atom stereocenters. The van der Waals surface area contributed by atoms with Crippen LogP contribution in [0.1, 0.15) is 51.7 Å². The van der Waals surface area contributed by atoms with Crippen LogP contribution in [0.4, 0.5) is 0 Å². The minimum absolute atomic E-state index is 0.109. The lowest BCUT2D eigenvalue weighted by Crippen LogP contribution is -2.33. The SMILES string of the molecule is CC1(C)CCC(C)(C)c2c1ccc1c2oc2c(Cl)nccc21. The molecule has 1 aliphatic carbocycles. The third kappa shape index (κ3) is 1.77. The average molecular weight is 314 g/mol. The predicted octanol–water partition coefficient (Wildman–Crippen LogP) is 5.98. The molecule has 0 saturated heterocycles. The third-order valence-corrected chi connectivity index (χ3v) is 5.56. The van der Waals surface area contributed by atoms with E-state index < -0.39 is 0 Å². The zero-order chi connectivity index (χ0) is 15.7. The van der Waals surface area contributed by atoms with Gasteiger partial charge in [0.15, 0.2) is 10.7 Å². The van der Waals surface area contributed by atoms with Crippen LogP contribution in [0.15, 0.2) is 28.8 Å². The fourth-order valence-corrected chi connectivity index (χ4v) is 4.05. The van der Waals surface area contributed by atoms with Crippen LogP contribution >= 0.6 is 11.6 Å². The van der Waals surface area contributed by atoms with Crippen LogP contribution < -0.4 is 0 Å². The Morgan fingerprint density at radius 1 is 0.955 bits per heavy atom. The summed E-state index contributed by atoms with van der Waals surface area (Å²) in [7, 11) is 0. The molecule has 0 radical (unpaired) electrons. The summed E-state index contributed by atoms with van der Waals surface area (Å²) in [6, 6.07) is 6.45. The standard InChI is InChI=1S/C19H20ClNO/c1-18(2)8-9-19(3,4)14-13(18)6-5-11-12-7-10-21-17(20)16(12)22-15(11)14/h5-7,10H,8-9H2,1-4H3. The van der Waals surface area contributed by atoms with Gasteiger partial charge in [-0.15, -0.1) is 0 Å². The second-order valence-electron chi connectivity index (χ2n) is 7.71. The van der Waals surface area contributed by atoms with Crippen molar-refractivity contribution in [2.75, 3.05) is 0 Å². The average Bonchev–Trinajstić information content (AvgIpc) is 2.83. The Balaban J connectivity index is 2.20. The summed E-state index contributed by atoms with van der Waals surface area (Å²) in [6.45, 7) is 9.27. The molecule has 1 aliphatic rings. The molecule has 0 N–H and O–H groups in total. The fraction of sp³-hybridized carbons (Fsp3) is 0.421. The van der Waals surface area contributed by atoms with Crippen molar-refractivity contribution in [3.8, 4) is 0 Å². The maximum atomic E-state index is 6.23. The van der Waals surface area contributed by atoms with E-state index in [1.54, 1.807) is 6.20 Å². The predicted molar refractivity (Wildman–Crippen MR) is 91.8 cm³/mol. The van der Waals surface area contributed by atoms with Gasteiger partial charge < -0.3 is 4.42 Å². The molecule has 22 heavy (non-hydrogen) atoms. The van der Waals surface area contributed by atoms with Crippen LogP contribution in [0.2, 0.25) is 5.15 Å². The second-order valence-corrected chi connectivity index (χ2v) is 8.07. The Hall–Kier alpha value is -1.54. The molecule has 0 bridgehead atoms. The van der Waals surface area contributed by atoms with Crippen LogP contribution in [0.25, 0.3) is 21.9 Å². The van der Waals surface area contributed by atoms with E-state index in [1.165, 1.54) is 17.5 Å². The van der Waals surface area contributed by atoms with E-state index in [4.69, 9.17) is 16.0 Å². The first-order valence-corrected chi connectivity index (χ1v) is 8.20. The second kappa shape index (κ2) is 4.26. The van der Waals surface area contributed by atoms with Crippen molar-refractivity contribution in [1.29, 1.82) is 0 Å². The van der Waals surface area contributed by atoms with Crippen molar-refractivity contribution in [1.82, 2.24) is 4.98 Å². The molecular weight excluding hydrogens is 294 g/mol. The molecule has 3 heteroatoms. The molecule has 2 aromatic heterocycles. The highest BCUT2D eigenvalue weighted by Crippen LogP contribution is 2.50. The largest absolute Gasteiger partial charge is 0.452 e. The van der Waals surface area contributed by atoms with Gasteiger partial charge in [-0.2, -0.15) is 0 Å². The van der Waals surface area contributed by atoms with E-state index in [-0.39, 0.29) is 10.8 Å². The van der Waals surface area contributed by atoms with Crippen molar-refractivity contribution in [3.05, 3.63) is 40.7 Å². The number of halogens is 1. The first-order valence-electron chi connectivity index (χ1n) is 7.82. The summed E-state index contributed by atoms with van der Waals surface area (Å²) in [4.78, 5) is 4.15. The van der Waals surface area contributed by atoms with E-state index in [1.807, 2.05) is 6.07 Å². The van der Waals surface area contributed by atoms with E-state index in [0.717, 1.165) is 22.8 Å². The quantitative estimate of drug-likeness (QED) is 0.477. The lowest BCUT2D eigenvalue weighted by Gasteiger charge is -2.41. The fourth-order valence-electron chi connectivity index (χ4n) is 3.86. The monoisotopic (exact) mass is 313 g/mol. The topological polar surface area (TPSA) is 26.0 Å². The molecule has 4 rings (SSSR count). The van der Waals surface area contributed by atoms with Crippen LogP contribution in [0.3, 0.4) is 0 Å². The molecule has 0 fully saturated rings. The molecular formula is C19H20ClNO. The Kier molecular flexibility index (Phi) is 2.73. The van der Waals surface area contributed by atoms with Gasteiger partial charge in [-0.05, 0) is 35.3 Å². The number of hydrogen-bond donors (Lipinski definition) is 0. The van der Waals surface area contributed by atoms with Gasteiger partial charge >= 0.3 is 0 Å². The Bertz CT molecular complexity index is 905. The van der Waals surface area contributed by atoms with Crippen LogP contribution in [0.5, 0.6) is 0 Å². The van der Waals surface area contributed by atoms with E-state index in [2.05, 4.69) is 44.8 Å². The number of nitrogens with zero attached hydrogens (tertiary/aromatic N) is 1. The Morgan fingerprint density at radius 3 is 2.41 bits per heavy atom. The smallest absolute Gasteiger partial charge is 0.172 e. The molecule has 2 nitrogen and oxygen atoms in total. The van der Waals surface area contributed by atoms with Gasteiger partial charge in [0.2, 0.25) is 0 Å². The maximum absolute atomic E-state index is 6.23. The van der Waals surface area contributed by atoms with Gasteiger partial charge in [0.1, 0.15) is 5.58 Å². The highest BCUT2D eigenvalue weighted by molar-refractivity contribution is 6.34. The number of fused-ring (bicyclic) bond motifs is 5. The summed E-state index contributed by atoms with van der Waals surface area (Å²) < 4.78 is 6.22. The number of benzene rings is 1. The molecule has 0 spiro atoms. The molecule has 1 aromatic carbocycles. The Labute approximate surface area is 135 Å². The van der Waals surface area contributed by atoms with Gasteiger partial charge in [-0.3, -0.25) is 0 Å². The summed E-state index contributed by atoms with van der Waals surface area (Å²) in [6.07, 6.45) is 4.10. The molecule has 0 unspecified atom stereocenters. The van der Waals surface area contributed by atoms with Crippen molar-refractivity contribution in [2.45, 2.75) is 51.4 Å². The van der Waals surface area contributed by atoms with Crippen LogP contribution in [-0.4, -0.2) is 4.98 Å². The number of rotatable bonds is 0. The lowest BCUT2D eigenvalue weighted by molar-refractivity contribution is 0.331. The molecule has 0 saturated carbocycles. The summed E-state index contributed by atoms with van der Waals surface area (Å²) in [5.41, 5.74) is 4.72. The zero-order valence-corrected chi connectivity index (χ0v) is 14.2. The van der Waals surface area contributed by atoms with Gasteiger partial charge in [0.25, 0.3) is 0 Å². The van der Waals surface area contributed by atoms with Crippen LogP contribution in [0, 0.1) is 0 Å². The Morgan fingerprint density at radius 2 is 1.64 bits per heavy atom. The molecule has 114 valence electrons. The maximum Gasteiger partial charge on any atom is 0.172 e. The van der Waals surface area contributed by atoms with E-state index in [0.29, 0.717) is 10.7 Å². The number of furan rings is 1. The highest BCUT2D eigenvalue weighted by atomic mass is 35.5. The number of pyridine rings is 1. The lowest BCUT2D eigenvalue weighted by atomic mass is 9.63. The van der Waals surface area contributed by atoms with Gasteiger partial charge in [0, 0.05) is 22.5 Å². The summed E-state index contributed by atoms with van der Waals surface area (Å²) in [5.74, 6) is 0.